The van der Waals surface area contributed by atoms with Gasteiger partial charge in [-0.05, 0) is 37.6 Å². The van der Waals surface area contributed by atoms with E-state index in [1.54, 1.807) is 6.07 Å². The summed E-state index contributed by atoms with van der Waals surface area (Å²) in [5.74, 6) is 0.579. The van der Waals surface area contributed by atoms with Crippen molar-refractivity contribution in [1.29, 1.82) is 0 Å². The zero-order valence-electron chi connectivity index (χ0n) is 11.0. The van der Waals surface area contributed by atoms with Crippen LogP contribution < -0.4 is 16.0 Å². The Bertz CT molecular complexity index is 879. The maximum Gasteiger partial charge on any atom is 0.351 e. The lowest BCUT2D eigenvalue weighted by Gasteiger charge is -2.10. The van der Waals surface area contributed by atoms with Crippen LogP contribution in [0.1, 0.15) is 12.5 Å². The third-order valence-corrected chi connectivity index (χ3v) is 2.92. The van der Waals surface area contributed by atoms with Crippen LogP contribution in [-0.2, 0) is 0 Å². The largest absolute Gasteiger partial charge is 0.490 e. The Hall–Kier alpha value is -2.63. The Morgan fingerprint density at radius 2 is 2.10 bits per heavy atom. The second-order valence-electron chi connectivity index (χ2n) is 4.45. The van der Waals surface area contributed by atoms with E-state index in [1.165, 1.54) is 0 Å². The van der Waals surface area contributed by atoms with E-state index in [4.69, 9.17) is 9.15 Å². The first-order chi connectivity index (χ1) is 9.58. The molecule has 6 nitrogen and oxygen atoms in total. The maximum atomic E-state index is 11.8. The molecule has 1 aromatic carbocycles. The average Bonchev–Trinajstić information content (AvgIpc) is 2.38. The van der Waals surface area contributed by atoms with Crippen molar-refractivity contribution in [2.24, 2.45) is 0 Å². The molecule has 6 heteroatoms. The summed E-state index contributed by atoms with van der Waals surface area (Å²) >= 11 is 0. The average molecular weight is 272 g/mol. The van der Waals surface area contributed by atoms with E-state index < -0.39 is 11.2 Å². The van der Waals surface area contributed by atoms with Crippen LogP contribution in [0.15, 0.2) is 32.2 Å². The third kappa shape index (κ3) is 1.95. The number of ether oxygens (including phenoxy) is 1. The molecule has 2 heterocycles. The number of rotatable bonds is 2. The first kappa shape index (κ1) is 12.4. The van der Waals surface area contributed by atoms with Gasteiger partial charge in [-0.15, -0.1) is 0 Å². The topological polar surface area (TPSA) is 85.2 Å². The number of H-pyrrole nitrogens is 1. The van der Waals surface area contributed by atoms with E-state index in [2.05, 4.69) is 9.97 Å². The molecular weight excluding hydrogens is 260 g/mol. The second-order valence-corrected chi connectivity index (χ2v) is 4.45. The van der Waals surface area contributed by atoms with Gasteiger partial charge in [-0.25, -0.2) is 4.79 Å². The Kier molecular flexibility index (Phi) is 2.78. The summed E-state index contributed by atoms with van der Waals surface area (Å²) in [5.41, 5.74) is 0.466. The van der Waals surface area contributed by atoms with Gasteiger partial charge in [-0.1, -0.05) is 0 Å². The number of nitrogens with zero attached hydrogens (tertiary/aromatic N) is 1. The summed E-state index contributed by atoms with van der Waals surface area (Å²) in [4.78, 5) is 28.8. The van der Waals surface area contributed by atoms with Gasteiger partial charge in [-0.2, -0.15) is 4.98 Å². The molecule has 0 fully saturated rings. The molecule has 0 aliphatic carbocycles. The summed E-state index contributed by atoms with van der Waals surface area (Å²) < 4.78 is 11.1. The van der Waals surface area contributed by atoms with Gasteiger partial charge in [0.15, 0.2) is 11.3 Å². The monoisotopic (exact) mass is 272 g/mol. The highest BCUT2D eigenvalue weighted by Gasteiger charge is 2.16. The molecule has 2 aliphatic rings. The fourth-order valence-corrected chi connectivity index (χ4v) is 2.15. The molecule has 3 rings (SSSR count). The number of aromatic amines is 1. The van der Waals surface area contributed by atoms with Gasteiger partial charge in [0.1, 0.15) is 5.56 Å². The molecule has 102 valence electrons. The van der Waals surface area contributed by atoms with Crippen LogP contribution in [0.5, 0.6) is 5.75 Å². The first-order valence-corrected chi connectivity index (χ1v) is 6.20. The van der Waals surface area contributed by atoms with Crippen LogP contribution in [0.2, 0.25) is 0 Å². The van der Waals surface area contributed by atoms with Crippen molar-refractivity contribution in [3.63, 3.8) is 0 Å². The Morgan fingerprint density at radius 3 is 2.85 bits per heavy atom. The van der Waals surface area contributed by atoms with Crippen molar-refractivity contribution >= 4 is 11.0 Å². The highest BCUT2D eigenvalue weighted by Crippen LogP contribution is 2.31. The molecule has 0 aromatic heterocycles. The van der Waals surface area contributed by atoms with Crippen LogP contribution in [0.4, 0.5) is 0 Å². The normalized spacial score (nSPS) is 11.1. The number of hydrogen-bond donors (Lipinski definition) is 1. The van der Waals surface area contributed by atoms with E-state index in [9.17, 15) is 9.59 Å². The van der Waals surface area contributed by atoms with Gasteiger partial charge in [-0.3, -0.25) is 9.78 Å². The highest BCUT2D eigenvalue weighted by molar-refractivity contribution is 5.87. The van der Waals surface area contributed by atoms with Crippen molar-refractivity contribution < 1.29 is 9.15 Å². The molecule has 0 amide bonds. The van der Waals surface area contributed by atoms with E-state index in [1.807, 2.05) is 26.0 Å². The fraction of sp³-hybridized carbons (Fsp3) is 0.214. The number of benzene rings is 1. The van der Waals surface area contributed by atoms with Gasteiger partial charge >= 0.3 is 5.69 Å². The molecule has 0 atom stereocenters. The Labute approximate surface area is 113 Å². The van der Waals surface area contributed by atoms with Crippen molar-refractivity contribution in [1.82, 2.24) is 9.97 Å². The van der Waals surface area contributed by atoms with Crippen LogP contribution in [0.25, 0.3) is 22.4 Å². The second kappa shape index (κ2) is 4.48. The molecule has 0 saturated carbocycles. The van der Waals surface area contributed by atoms with Crippen LogP contribution >= 0.6 is 0 Å². The summed E-state index contributed by atoms with van der Waals surface area (Å²) in [5, 5.41) is 0.729. The summed E-state index contributed by atoms with van der Waals surface area (Å²) in [6, 6.07) is 5.37. The predicted molar refractivity (Wildman–Crippen MR) is 73.4 cm³/mol. The summed E-state index contributed by atoms with van der Waals surface area (Å²) in [6.45, 7) is 4.28. The molecule has 1 aromatic rings. The minimum atomic E-state index is -0.726. The van der Waals surface area contributed by atoms with E-state index in [-0.39, 0.29) is 11.5 Å². The lowest BCUT2D eigenvalue weighted by molar-refractivity contribution is 0.338. The molecule has 0 saturated heterocycles. The minimum absolute atomic E-state index is 0.0102. The lowest BCUT2D eigenvalue weighted by Crippen LogP contribution is -2.24. The van der Waals surface area contributed by atoms with E-state index in [0.29, 0.717) is 17.9 Å². The number of aromatic nitrogens is 2. The Morgan fingerprint density at radius 1 is 1.30 bits per heavy atom. The van der Waals surface area contributed by atoms with Crippen molar-refractivity contribution in [2.45, 2.75) is 13.8 Å². The van der Waals surface area contributed by atoms with E-state index >= 15 is 0 Å². The zero-order valence-corrected chi connectivity index (χ0v) is 11.0. The van der Waals surface area contributed by atoms with Gasteiger partial charge in [0.25, 0.3) is 5.56 Å². The maximum absolute atomic E-state index is 11.8. The molecule has 1 N–H and O–H groups in total. The first-order valence-electron chi connectivity index (χ1n) is 6.20. The van der Waals surface area contributed by atoms with Crippen LogP contribution in [0, 0.1) is 6.92 Å². The van der Waals surface area contributed by atoms with Crippen LogP contribution in [0.3, 0.4) is 0 Å². The summed E-state index contributed by atoms with van der Waals surface area (Å²) in [7, 11) is 0. The minimum Gasteiger partial charge on any atom is -0.490 e. The van der Waals surface area contributed by atoms with Gasteiger partial charge < -0.3 is 9.15 Å². The van der Waals surface area contributed by atoms with Gasteiger partial charge in [0.2, 0.25) is 5.89 Å². The van der Waals surface area contributed by atoms with Gasteiger partial charge in [0, 0.05) is 5.39 Å². The molecule has 0 unspecified atom stereocenters. The summed E-state index contributed by atoms with van der Waals surface area (Å²) in [6.07, 6.45) is 0. The number of hydrogen-bond acceptors (Lipinski definition) is 5. The molecule has 0 spiro atoms. The lowest BCUT2D eigenvalue weighted by atomic mass is 10.1. The van der Waals surface area contributed by atoms with Crippen molar-refractivity contribution in [2.75, 3.05) is 6.61 Å². The zero-order chi connectivity index (χ0) is 14.3. The Balaban J connectivity index is 2.45. The third-order valence-electron chi connectivity index (χ3n) is 2.92. The van der Waals surface area contributed by atoms with Crippen molar-refractivity contribution in [3.8, 4) is 17.2 Å². The highest BCUT2D eigenvalue weighted by atomic mass is 16.5. The standard InChI is InChI=1S/C14H12N2O4/c1-3-19-10-5-7(2)4-8-6-9-12(17)15-14(18)16-13(9)20-11(8)10/h4-6H,3H2,1-2H3,(H,15,17,18). The van der Waals surface area contributed by atoms with Gasteiger partial charge in [0.05, 0.1) is 6.61 Å². The molecule has 0 bridgehead atoms. The fourth-order valence-electron chi connectivity index (χ4n) is 2.15. The quantitative estimate of drug-likeness (QED) is 0.717. The van der Waals surface area contributed by atoms with Crippen LogP contribution in [-0.4, -0.2) is 16.6 Å². The number of aryl methyl sites for hydroxylation is 1. The van der Waals surface area contributed by atoms with Crippen molar-refractivity contribution in [3.05, 3.63) is 44.6 Å². The smallest absolute Gasteiger partial charge is 0.351 e. The predicted octanol–water partition coefficient (Wildman–Crippen LogP) is 1.69. The number of nitrogens with one attached hydrogen (secondary N) is 1. The molecule has 2 aliphatic heterocycles. The SMILES string of the molecule is CCOc1cc(C)cc2cc3c(=O)[nH]c(=O)nc-3oc12. The van der Waals surface area contributed by atoms with E-state index in [0.717, 1.165) is 10.9 Å². The number of fused-ring (bicyclic) bond motifs is 2. The molecule has 20 heavy (non-hydrogen) atoms. The molecular formula is C14H12N2O4. The molecule has 0 radical (unpaired) electrons.